The summed E-state index contributed by atoms with van der Waals surface area (Å²) in [6.45, 7) is 1.69. The molecule has 3 aliphatic rings. The molecule has 2 aliphatic heterocycles. The van der Waals surface area contributed by atoms with E-state index in [1.54, 1.807) is 12.3 Å². The normalized spacial score (nSPS) is 25.4. The third-order valence-corrected chi connectivity index (χ3v) is 6.61. The van der Waals surface area contributed by atoms with Crippen LogP contribution in [-0.2, 0) is 28.3 Å². The number of aromatic nitrogens is 1. The lowest BCUT2D eigenvalue weighted by molar-refractivity contribution is -0.157. The smallest absolute Gasteiger partial charge is 0.230 e. The van der Waals surface area contributed by atoms with Gasteiger partial charge in [-0.05, 0) is 60.7 Å². The highest BCUT2D eigenvalue weighted by Gasteiger charge is 2.53. The molecule has 30 heavy (non-hydrogen) atoms. The van der Waals surface area contributed by atoms with E-state index in [-0.39, 0.29) is 18.6 Å². The van der Waals surface area contributed by atoms with Crippen LogP contribution in [0.25, 0.3) is 0 Å². The van der Waals surface area contributed by atoms with Gasteiger partial charge in [-0.3, -0.25) is 4.79 Å². The van der Waals surface area contributed by atoms with Crippen LogP contribution in [0, 0.1) is 17.6 Å². The Morgan fingerprint density at radius 1 is 1.30 bits per heavy atom. The van der Waals surface area contributed by atoms with Crippen molar-refractivity contribution in [2.24, 2.45) is 5.92 Å². The van der Waals surface area contributed by atoms with Gasteiger partial charge in [0.1, 0.15) is 10.8 Å². The molecule has 1 saturated heterocycles. The van der Waals surface area contributed by atoms with E-state index in [0.717, 1.165) is 18.4 Å². The number of hydrogen-bond donors (Lipinski definition) is 1. The Bertz CT molecular complexity index is 983. The Kier molecular flexibility index (Phi) is 5.00. The van der Waals surface area contributed by atoms with Gasteiger partial charge in [-0.25, -0.2) is 13.8 Å². The highest BCUT2D eigenvalue weighted by molar-refractivity contribution is 6.29. The molecule has 1 aromatic heterocycles. The van der Waals surface area contributed by atoms with Crippen molar-refractivity contribution in [3.8, 4) is 0 Å². The van der Waals surface area contributed by atoms with Crippen LogP contribution in [0.15, 0.2) is 30.5 Å². The fourth-order valence-corrected chi connectivity index (χ4v) is 4.81. The molecule has 1 amide bonds. The quantitative estimate of drug-likeness (QED) is 0.749. The summed E-state index contributed by atoms with van der Waals surface area (Å²) in [5, 5.41) is 3.69. The number of halogens is 3. The second-order valence-corrected chi connectivity index (χ2v) is 8.68. The standard InChI is InChI=1S/C22H22ClF2N3O2/c23-20-4-1-13(9-27-20)11-28(15-2-3-15)21(29)17-10-26-6-5-22(17)16-8-19(25)18(24)7-14(16)12-30-22/h1,4,7-9,15,17,26H,2-3,5-6,10-12H2. The van der Waals surface area contributed by atoms with Crippen molar-refractivity contribution in [1.29, 1.82) is 0 Å². The number of pyridine rings is 1. The van der Waals surface area contributed by atoms with Crippen molar-refractivity contribution in [1.82, 2.24) is 15.2 Å². The Balaban J connectivity index is 1.48. The van der Waals surface area contributed by atoms with E-state index >= 15 is 0 Å². The molecule has 0 radical (unpaired) electrons. The number of fused-ring (bicyclic) bond motifs is 2. The highest BCUT2D eigenvalue weighted by atomic mass is 35.5. The summed E-state index contributed by atoms with van der Waals surface area (Å²) in [7, 11) is 0. The maximum Gasteiger partial charge on any atom is 0.230 e. The van der Waals surface area contributed by atoms with Crippen LogP contribution in [0.3, 0.4) is 0 Å². The molecule has 2 unspecified atom stereocenters. The van der Waals surface area contributed by atoms with Gasteiger partial charge < -0.3 is 15.0 Å². The number of hydrogen-bond acceptors (Lipinski definition) is 4. The number of ether oxygens (including phenoxy) is 1. The summed E-state index contributed by atoms with van der Waals surface area (Å²) < 4.78 is 34.0. The van der Waals surface area contributed by atoms with E-state index in [4.69, 9.17) is 16.3 Å². The topological polar surface area (TPSA) is 54.5 Å². The summed E-state index contributed by atoms with van der Waals surface area (Å²) >= 11 is 5.89. The third kappa shape index (κ3) is 3.39. The summed E-state index contributed by atoms with van der Waals surface area (Å²) in [5.74, 6) is -2.34. The van der Waals surface area contributed by atoms with Crippen LogP contribution in [0.1, 0.15) is 36.0 Å². The largest absolute Gasteiger partial charge is 0.365 e. The number of nitrogens with zero attached hydrogens (tertiary/aromatic N) is 2. The van der Waals surface area contributed by atoms with Crippen LogP contribution < -0.4 is 5.32 Å². The number of rotatable bonds is 4. The Morgan fingerprint density at radius 2 is 2.10 bits per heavy atom. The third-order valence-electron chi connectivity index (χ3n) is 6.38. The number of carbonyl (C=O) groups excluding carboxylic acids is 1. The molecule has 158 valence electrons. The molecular weight excluding hydrogens is 412 g/mol. The lowest BCUT2D eigenvalue weighted by atomic mass is 9.75. The first-order valence-corrected chi connectivity index (χ1v) is 10.6. The molecule has 1 spiro atoms. The zero-order valence-electron chi connectivity index (χ0n) is 16.3. The molecule has 2 fully saturated rings. The Hall–Kier alpha value is -2.09. The van der Waals surface area contributed by atoms with Crippen molar-refractivity contribution >= 4 is 17.5 Å². The zero-order valence-corrected chi connectivity index (χ0v) is 17.1. The highest BCUT2D eigenvalue weighted by Crippen LogP contribution is 2.48. The summed E-state index contributed by atoms with van der Waals surface area (Å²) in [6, 6.07) is 6.17. The molecule has 2 atom stereocenters. The first kappa shape index (κ1) is 19.8. The predicted molar refractivity (Wildman–Crippen MR) is 107 cm³/mol. The average Bonchev–Trinajstić information content (AvgIpc) is 3.53. The zero-order chi connectivity index (χ0) is 20.9. The van der Waals surface area contributed by atoms with Gasteiger partial charge in [0.25, 0.3) is 0 Å². The minimum absolute atomic E-state index is 0.0303. The van der Waals surface area contributed by atoms with Crippen molar-refractivity contribution in [3.05, 3.63) is 63.9 Å². The summed E-state index contributed by atoms with van der Waals surface area (Å²) in [5.41, 5.74) is 1.19. The van der Waals surface area contributed by atoms with Gasteiger partial charge in [-0.15, -0.1) is 0 Å². The molecule has 2 aromatic rings. The van der Waals surface area contributed by atoms with Crippen molar-refractivity contribution in [3.63, 3.8) is 0 Å². The second kappa shape index (κ2) is 7.55. The van der Waals surface area contributed by atoms with Crippen molar-refractivity contribution < 1.29 is 18.3 Å². The summed E-state index contributed by atoms with van der Waals surface area (Å²) in [4.78, 5) is 19.8. The number of nitrogens with one attached hydrogen (secondary N) is 1. The second-order valence-electron chi connectivity index (χ2n) is 8.29. The molecule has 3 heterocycles. The fourth-order valence-electron chi connectivity index (χ4n) is 4.70. The number of carbonyl (C=O) groups is 1. The van der Waals surface area contributed by atoms with Gasteiger partial charge in [-0.2, -0.15) is 0 Å². The molecule has 5 rings (SSSR count). The van der Waals surface area contributed by atoms with Crippen molar-refractivity contribution in [2.45, 2.75) is 44.1 Å². The average molecular weight is 434 g/mol. The molecule has 1 aromatic carbocycles. The maximum atomic E-state index is 14.1. The van der Waals surface area contributed by atoms with Gasteiger partial charge in [-0.1, -0.05) is 17.7 Å². The van der Waals surface area contributed by atoms with Crippen LogP contribution in [0.2, 0.25) is 5.15 Å². The van der Waals surface area contributed by atoms with Crippen LogP contribution in [0.5, 0.6) is 0 Å². The fraction of sp³-hybridized carbons (Fsp3) is 0.455. The molecule has 1 saturated carbocycles. The number of piperidine rings is 1. The SMILES string of the molecule is O=C(C1CNCCC12OCc1cc(F)c(F)cc12)N(Cc1ccc(Cl)nc1)C1CC1. The van der Waals surface area contributed by atoms with Gasteiger partial charge in [0.2, 0.25) is 5.91 Å². The monoisotopic (exact) mass is 433 g/mol. The van der Waals surface area contributed by atoms with Gasteiger partial charge >= 0.3 is 0 Å². The maximum absolute atomic E-state index is 14.1. The first-order chi connectivity index (χ1) is 14.5. The van der Waals surface area contributed by atoms with E-state index < -0.39 is 23.2 Å². The van der Waals surface area contributed by atoms with Crippen LogP contribution in [-0.4, -0.2) is 34.9 Å². The predicted octanol–water partition coefficient (Wildman–Crippen LogP) is 3.54. The first-order valence-electron chi connectivity index (χ1n) is 10.2. The van der Waals surface area contributed by atoms with E-state index in [1.807, 2.05) is 11.0 Å². The molecule has 0 bridgehead atoms. The number of amides is 1. The lowest BCUT2D eigenvalue weighted by Gasteiger charge is -2.42. The van der Waals surface area contributed by atoms with Gasteiger partial charge in [0.05, 0.1) is 12.5 Å². The van der Waals surface area contributed by atoms with E-state index in [2.05, 4.69) is 10.3 Å². The molecule has 1 N–H and O–H groups in total. The van der Waals surface area contributed by atoms with E-state index in [1.165, 1.54) is 12.1 Å². The Labute approximate surface area is 178 Å². The molecular formula is C22H22ClF2N3O2. The van der Waals surface area contributed by atoms with Crippen LogP contribution >= 0.6 is 11.6 Å². The van der Waals surface area contributed by atoms with E-state index in [0.29, 0.717) is 42.3 Å². The van der Waals surface area contributed by atoms with Crippen LogP contribution in [0.4, 0.5) is 8.78 Å². The number of benzene rings is 1. The summed E-state index contributed by atoms with van der Waals surface area (Å²) in [6.07, 6.45) is 4.12. The van der Waals surface area contributed by atoms with Gasteiger partial charge in [0.15, 0.2) is 11.6 Å². The van der Waals surface area contributed by atoms with E-state index in [9.17, 15) is 13.6 Å². The van der Waals surface area contributed by atoms with Crippen molar-refractivity contribution in [2.75, 3.05) is 13.1 Å². The molecule has 1 aliphatic carbocycles. The Morgan fingerprint density at radius 3 is 2.83 bits per heavy atom. The minimum Gasteiger partial charge on any atom is -0.365 e. The minimum atomic E-state index is -0.933. The molecule has 5 nitrogen and oxygen atoms in total. The van der Waals surface area contributed by atoms with Gasteiger partial charge in [0, 0.05) is 25.3 Å². The molecule has 8 heteroatoms. The lowest BCUT2D eigenvalue weighted by Crippen LogP contribution is -2.55.